The lowest BCUT2D eigenvalue weighted by Gasteiger charge is -2.33. The molecule has 0 spiro atoms. The first kappa shape index (κ1) is 14.0. The molecule has 0 amide bonds. The van der Waals surface area contributed by atoms with E-state index in [9.17, 15) is 0 Å². The van der Waals surface area contributed by atoms with E-state index in [1.807, 2.05) is 6.20 Å². The maximum absolute atomic E-state index is 4.59. The van der Waals surface area contributed by atoms with E-state index in [1.54, 1.807) is 0 Å². The van der Waals surface area contributed by atoms with E-state index < -0.39 is 0 Å². The Morgan fingerprint density at radius 3 is 2.89 bits per heavy atom. The second-order valence-corrected chi connectivity index (χ2v) is 6.38. The van der Waals surface area contributed by atoms with Crippen molar-refractivity contribution >= 4 is 15.9 Å². The molecule has 0 aromatic carbocycles. The SMILES string of the molecule is CCNC(c1ccc(Br)cn1)C1CCCC(C)C1. The highest BCUT2D eigenvalue weighted by atomic mass is 79.9. The summed E-state index contributed by atoms with van der Waals surface area (Å²) in [6, 6.07) is 4.67. The average Bonchev–Trinajstić information content (AvgIpc) is 2.37. The van der Waals surface area contributed by atoms with Gasteiger partial charge in [-0.15, -0.1) is 0 Å². The Kier molecular flexibility index (Phi) is 5.19. The number of rotatable bonds is 4. The van der Waals surface area contributed by atoms with E-state index >= 15 is 0 Å². The maximum Gasteiger partial charge on any atom is 0.0576 e. The lowest BCUT2D eigenvalue weighted by atomic mass is 9.77. The Morgan fingerprint density at radius 1 is 1.44 bits per heavy atom. The Hall–Kier alpha value is -0.410. The summed E-state index contributed by atoms with van der Waals surface area (Å²) in [4.78, 5) is 4.59. The van der Waals surface area contributed by atoms with Gasteiger partial charge in [-0.05, 0) is 59.3 Å². The predicted molar refractivity (Wildman–Crippen MR) is 79.5 cm³/mol. The summed E-state index contributed by atoms with van der Waals surface area (Å²) in [7, 11) is 0. The molecule has 1 heterocycles. The molecule has 1 saturated carbocycles. The van der Waals surface area contributed by atoms with E-state index in [4.69, 9.17) is 0 Å². The molecule has 3 heteroatoms. The third kappa shape index (κ3) is 3.55. The fourth-order valence-corrected chi connectivity index (χ4v) is 3.32. The largest absolute Gasteiger partial charge is 0.309 e. The molecular weight excluding hydrogens is 288 g/mol. The van der Waals surface area contributed by atoms with Crippen LogP contribution in [0.1, 0.15) is 51.3 Å². The van der Waals surface area contributed by atoms with Crippen molar-refractivity contribution in [3.05, 3.63) is 28.5 Å². The third-order valence-electron chi connectivity index (χ3n) is 3.94. The number of pyridine rings is 1. The second kappa shape index (κ2) is 6.67. The number of aromatic nitrogens is 1. The van der Waals surface area contributed by atoms with Gasteiger partial charge in [0, 0.05) is 10.7 Å². The van der Waals surface area contributed by atoms with Crippen LogP contribution in [-0.4, -0.2) is 11.5 Å². The fraction of sp³-hybridized carbons (Fsp3) is 0.667. The summed E-state index contributed by atoms with van der Waals surface area (Å²) in [6.07, 6.45) is 7.33. The van der Waals surface area contributed by atoms with Crippen LogP contribution in [0.3, 0.4) is 0 Å². The molecule has 1 aliphatic rings. The number of halogens is 1. The van der Waals surface area contributed by atoms with Crippen molar-refractivity contribution in [3.8, 4) is 0 Å². The van der Waals surface area contributed by atoms with Crippen LogP contribution in [0.25, 0.3) is 0 Å². The topological polar surface area (TPSA) is 24.9 Å². The molecular formula is C15H23BrN2. The Balaban J connectivity index is 2.13. The van der Waals surface area contributed by atoms with Crippen LogP contribution in [-0.2, 0) is 0 Å². The average molecular weight is 311 g/mol. The van der Waals surface area contributed by atoms with Crippen molar-refractivity contribution < 1.29 is 0 Å². The standard InChI is InChI=1S/C15H23BrN2/c1-3-17-15(12-6-4-5-11(2)9-12)14-8-7-13(16)10-18-14/h7-8,10-12,15,17H,3-6,9H2,1-2H3. The van der Waals surface area contributed by atoms with Gasteiger partial charge in [-0.3, -0.25) is 4.98 Å². The van der Waals surface area contributed by atoms with Gasteiger partial charge in [0.15, 0.2) is 0 Å². The van der Waals surface area contributed by atoms with Gasteiger partial charge in [-0.25, -0.2) is 0 Å². The van der Waals surface area contributed by atoms with Crippen molar-refractivity contribution in [1.29, 1.82) is 0 Å². The highest BCUT2D eigenvalue weighted by molar-refractivity contribution is 9.10. The van der Waals surface area contributed by atoms with Gasteiger partial charge < -0.3 is 5.32 Å². The minimum absolute atomic E-state index is 0.422. The Bertz CT molecular complexity index is 363. The summed E-state index contributed by atoms with van der Waals surface area (Å²) in [5, 5.41) is 3.63. The number of hydrogen-bond acceptors (Lipinski definition) is 2. The van der Waals surface area contributed by atoms with Crippen molar-refractivity contribution in [3.63, 3.8) is 0 Å². The van der Waals surface area contributed by atoms with Gasteiger partial charge in [0.25, 0.3) is 0 Å². The Labute approximate surface area is 119 Å². The van der Waals surface area contributed by atoms with Gasteiger partial charge in [0.05, 0.1) is 11.7 Å². The first-order valence-corrected chi connectivity index (χ1v) is 7.84. The van der Waals surface area contributed by atoms with Crippen LogP contribution >= 0.6 is 15.9 Å². The van der Waals surface area contributed by atoms with Crippen molar-refractivity contribution in [2.24, 2.45) is 11.8 Å². The zero-order chi connectivity index (χ0) is 13.0. The van der Waals surface area contributed by atoms with Gasteiger partial charge in [0.1, 0.15) is 0 Å². The fourth-order valence-electron chi connectivity index (χ4n) is 3.09. The smallest absolute Gasteiger partial charge is 0.0576 e. The van der Waals surface area contributed by atoms with Crippen molar-refractivity contribution in [2.75, 3.05) is 6.54 Å². The van der Waals surface area contributed by atoms with Crippen LogP contribution in [0.2, 0.25) is 0 Å². The zero-order valence-electron chi connectivity index (χ0n) is 11.3. The molecule has 1 fully saturated rings. The molecule has 1 aromatic rings. The first-order valence-electron chi connectivity index (χ1n) is 7.05. The van der Waals surface area contributed by atoms with Gasteiger partial charge in [-0.1, -0.05) is 26.7 Å². The van der Waals surface area contributed by atoms with E-state index in [-0.39, 0.29) is 0 Å². The number of nitrogens with one attached hydrogen (secondary N) is 1. The van der Waals surface area contributed by atoms with Gasteiger partial charge in [-0.2, -0.15) is 0 Å². The summed E-state index contributed by atoms with van der Waals surface area (Å²) in [6.45, 7) is 5.57. The summed E-state index contributed by atoms with van der Waals surface area (Å²) >= 11 is 3.46. The minimum Gasteiger partial charge on any atom is -0.309 e. The first-order chi connectivity index (χ1) is 8.70. The Morgan fingerprint density at radius 2 is 2.28 bits per heavy atom. The maximum atomic E-state index is 4.59. The van der Waals surface area contributed by atoms with E-state index in [2.05, 4.69) is 52.2 Å². The van der Waals surface area contributed by atoms with E-state index in [1.165, 1.54) is 31.4 Å². The minimum atomic E-state index is 0.422. The van der Waals surface area contributed by atoms with E-state index in [0.717, 1.165) is 22.9 Å². The highest BCUT2D eigenvalue weighted by Crippen LogP contribution is 2.36. The van der Waals surface area contributed by atoms with Crippen LogP contribution in [0.5, 0.6) is 0 Å². The zero-order valence-corrected chi connectivity index (χ0v) is 12.9. The monoisotopic (exact) mass is 310 g/mol. The molecule has 0 aliphatic heterocycles. The highest BCUT2D eigenvalue weighted by Gasteiger charge is 2.27. The molecule has 3 atom stereocenters. The molecule has 18 heavy (non-hydrogen) atoms. The number of hydrogen-bond donors (Lipinski definition) is 1. The summed E-state index contributed by atoms with van der Waals surface area (Å²) in [5.74, 6) is 1.60. The van der Waals surface area contributed by atoms with Gasteiger partial charge >= 0.3 is 0 Å². The lowest BCUT2D eigenvalue weighted by molar-refractivity contribution is 0.222. The van der Waals surface area contributed by atoms with Crippen molar-refractivity contribution in [2.45, 2.75) is 45.6 Å². The normalized spacial score (nSPS) is 25.9. The lowest BCUT2D eigenvalue weighted by Crippen LogP contribution is -2.31. The molecule has 100 valence electrons. The van der Waals surface area contributed by atoms with Crippen LogP contribution < -0.4 is 5.32 Å². The van der Waals surface area contributed by atoms with Crippen LogP contribution in [0.4, 0.5) is 0 Å². The predicted octanol–water partition coefficient (Wildman–Crippen LogP) is 4.32. The molecule has 2 rings (SSSR count). The van der Waals surface area contributed by atoms with Crippen LogP contribution in [0.15, 0.2) is 22.8 Å². The molecule has 1 N–H and O–H groups in total. The van der Waals surface area contributed by atoms with Crippen LogP contribution in [0, 0.1) is 11.8 Å². The molecule has 1 aliphatic carbocycles. The summed E-state index contributed by atoms with van der Waals surface area (Å²) in [5.41, 5.74) is 1.19. The second-order valence-electron chi connectivity index (χ2n) is 5.47. The molecule has 0 radical (unpaired) electrons. The third-order valence-corrected chi connectivity index (χ3v) is 4.41. The van der Waals surface area contributed by atoms with Gasteiger partial charge in [0.2, 0.25) is 0 Å². The summed E-state index contributed by atoms with van der Waals surface area (Å²) < 4.78 is 1.05. The van der Waals surface area contributed by atoms with Crippen molar-refractivity contribution in [1.82, 2.24) is 10.3 Å². The molecule has 2 nitrogen and oxygen atoms in total. The molecule has 3 unspecified atom stereocenters. The molecule has 0 saturated heterocycles. The molecule has 1 aromatic heterocycles. The number of nitrogens with zero attached hydrogens (tertiary/aromatic N) is 1. The van der Waals surface area contributed by atoms with E-state index in [0.29, 0.717) is 6.04 Å². The molecule has 0 bridgehead atoms. The quantitative estimate of drug-likeness (QED) is 0.895.